The van der Waals surface area contributed by atoms with E-state index < -0.39 is 0 Å². The highest BCUT2D eigenvalue weighted by molar-refractivity contribution is 5.72. The second-order valence-corrected chi connectivity index (χ2v) is 5.48. The van der Waals surface area contributed by atoms with Crippen molar-refractivity contribution in [2.45, 2.75) is 26.2 Å². The van der Waals surface area contributed by atoms with Crippen molar-refractivity contribution in [1.29, 1.82) is 0 Å². The molecule has 0 unspecified atom stereocenters. The zero-order valence-electron chi connectivity index (χ0n) is 13.2. The first-order valence-electron chi connectivity index (χ1n) is 7.63. The van der Waals surface area contributed by atoms with Gasteiger partial charge >= 0.3 is 5.97 Å². The summed E-state index contributed by atoms with van der Waals surface area (Å²) in [7, 11) is 1.41. The average Bonchev–Trinajstić information content (AvgIpc) is 3.06. The van der Waals surface area contributed by atoms with E-state index in [9.17, 15) is 4.79 Å². The van der Waals surface area contributed by atoms with E-state index in [-0.39, 0.29) is 24.1 Å². The van der Waals surface area contributed by atoms with E-state index in [2.05, 4.69) is 0 Å². The standard InChI is InChI=1S/C17H24O5/c1-13(17(18)19-2)15(10-16-21-8-9-22-16)12-20-11-14-6-4-3-5-7-14/h3-7,13,15-16H,8-12H2,1-2H3/t13-,15-/m1/s1. The second kappa shape index (κ2) is 8.88. The van der Waals surface area contributed by atoms with Gasteiger partial charge in [0.25, 0.3) is 0 Å². The monoisotopic (exact) mass is 308 g/mol. The first-order valence-corrected chi connectivity index (χ1v) is 7.63. The van der Waals surface area contributed by atoms with Crippen LogP contribution in [0.1, 0.15) is 18.9 Å². The van der Waals surface area contributed by atoms with Crippen molar-refractivity contribution in [3.8, 4) is 0 Å². The van der Waals surface area contributed by atoms with Crippen molar-refractivity contribution in [2.24, 2.45) is 11.8 Å². The fourth-order valence-corrected chi connectivity index (χ4v) is 2.49. The molecule has 0 radical (unpaired) electrons. The lowest BCUT2D eigenvalue weighted by Crippen LogP contribution is -2.29. The van der Waals surface area contributed by atoms with Crippen LogP contribution in [0, 0.1) is 11.8 Å². The van der Waals surface area contributed by atoms with E-state index in [1.54, 1.807) is 0 Å². The third kappa shape index (κ3) is 5.09. The average molecular weight is 308 g/mol. The SMILES string of the molecule is COC(=O)[C@H](C)[C@@H](COCc1ccccc1)CC1OCCO1. The molecule has 122 valence electrons. The fourth-order valence-electron chi connectivity index (χ4n) is 2.49. The summed E-state index contributed by atoms with van der Waals surface area (Å²) in [6.45, 7) is 4.06. The molecule has 1 aromatic carbocycles. The highest BCUT2D eigenvalue weighted by Crippen LogP contribution is 2.23. The van der Waals surface area contributed by atoms with E-state index in [0.717, 1.165) is 5.56 Å². The Morgan fingerprint density at radius 1 is 1.27 bits per heavy atom. The van der Waals surface area contributed by atoms with Crippen molar-refractivity contribution < 1.29 is 23.7 Å². The van der Waals surface area contributed by atoms with Crippen LogP contribution in [-0.2, 0) is 30.3 Å². The Kier molecular flexibility index (Phi) is 6.83. The summed E-state index contributed by atoms with van der Waals surface area (Å²) in [5.41, 5.74) is 1.11. The molecule has 0 N–H and O–H groups in total. The van der Waals surface area contributed by atoms with Crippen LogP contribution in [0.2, 0.25) is 0 Å². The molecular weight excluding hydrogens is 284 g/mol. The van der Waals surface area contributed by atoms with Gasteiger partial charge in [0.1, 0.15) is 0 Å². The normalized spacial score (nSPS) is 18.1. The molecule has 0 aromatic heterocycles. The molecule has 2 atom stereocenters. The van der Waals surface area contributed by atoms with E-state index in [1.807, 2.05) is 37.3 Å². The molecule has 1 saturated heterocycles. The summed E-state index contributed by atoms with van der Waals surface area (Å²) >= 11 is 0. The van der Waals surface area contributed by atoms with Crippen LogP contribution in [0.3, 0.4) is 0 Å². The zero-order valence-corrected chi connectivity index (χ0v) is 13.2. The summed E-state index contributed by atoms with van der Waals surface area (Å²) in [6.07, 6.45) is 0.378. The van der Waals surface area contributed by atoms with Gasteiger partial charge in [-0.25, -0.2) is 0 Å². The molecule has 0 bridgehead atoms. The maximum absolute atomic E-state index is 11.8. The maximum Gasteiger partial charge on any atom is 0.308 e. The molecule has 0 aliphatic carbocycles. The molecule has 1 aromatic rings. The highest BCUT2D eigenvalue weighted by atomic mass is 16.7. The van der Waals surface area contributed by atoms with Crippen molar-refractivity contribution in [3.63, 3.8) is 0 Å². The largest absolute Gasteiger partial charge is 0.469 e. The lowest BCUT2D eigenvalue weighted by molar-refractivity contribution is -0.149. The Labute approximate surface area is 131 Å². The van der Waals surface area contributed by atoms with Crippen molar-refractivity contribution in [3.05, 3.63) is 35.9 Å². The number of carbonyl (C=O) groups is 1. The first kappa shape index (κ1) is 16.9. The third-order valence-electron chi connectivity index (χ3n) is 3.91. The lowest BCUT2D eigenvalue weighted by Gasteiger charge is -2.24. The predicted octanol–water partition coefficient (Wildman–Crippen LogP) is 2.39. The quantitative estimate of drug-likeness (QED) is 0.690. The smallest absolute Gasteiger partial charge is 0.308 e. The molecule has 22 heavy (non-hydrogen) atoms. The van der Waals surface area contributed by atoms with Gasteiger partial charge in [-0.05, 0) is 5.56 Å². The van der Waals surface area contributed by atoms with Crippen LogP contribution in [0.4, 0.5) is 0 Å². The van der Waals surface area contributed by atoms with Crippen molar-refractivity contribution in [2.75, 3.05) is 26.9 Å². The van der Waals surface area contributed by atoms with E-state index in [1.165, 1.54) is 7.11 Å². The number of rotatable bonds is 8. The second-order valence-electron chi connectivity index (χ2n) is 5.48. The summed E-state index contributed by atoms with van der Waals surface area (Å²) in [5.74, 6) is -0.487. The Morgan fingerprint density at radius 3 is 2.59 bits per heavy atom. The van der Waals surface area contributed by atoms with Gasteiger partial charge in [-0.1, -0.05) is 37.3 Å². The van der Waals surface area contributed by atoms with Crippen molar-refractivity contribution in [1.82, 2.24) is 0 Å². The number of methoxy groups -OCH3 is 1. The van der Waals surface area contributed by atoms with Crippen LogP contribution in [0.15, 0.2) is 30.3 Å². The number of hydrogen-bond acceptors (Lipinski definition) is 5. The van der Waals surface area contributed by atoms with Gasteiger partial charge in [-0.2, -0.15) is 0 Å². The van der Waals surface area contributed by atoms with E-state index in [0.29, 0.717) is 32.8 Å². The Balaban J connectivity index is 1.86. The van der Waals surface area contributed by atoms with E-state index in [4.69, 9.17) is 18.9 Å². The molecule has 1 aliphatic heterocycles. The van der Waals surface area contributed by atoms with Gasteiger partial charge in [0, 0.05) is 12.3 Å². The van der Waals surface area contributed by atoms with Gasteiger partial charge in [-0.3, -0.25) is 4.79 Å². The Morgan fingerprint density at radius 2 is 1.95 bits per heavy atom. The maximum atomic E-state index is 11.8. The first-order chi connectivity index (χ1) is 10.7. The molecular formula is C17H24O5. The fraction of sp³-hybridized carbons (Fsp3) is 0.588. The molecule has 5 nitrogen and oxygen atoms in total. The molecule has 0 amide bonds. The van der Waals surface area contributed by atoms with Gasteiger partial charge in [0.15, 0.2) is 6.29 Å². The van der Waals surface area contributed by atoms with Crippen molar-refractivity contribution >= 4 is 5.97 Å². The topological polar surface area (TPSA) is 54.0 Å². The Bertz CT molecular complexity index is 442. The van der Waals surface area contributed by atoms with Crippen LogP contribution in [-0.4, -0.2) is 39.2 Å². The van der Waals surface area contributed by atoms with Crippen LogP contribution in [0.25, 0.3) is 0 Å². The van der Waals surface area contributed by atoms with Crippen LogP contribution < -0.4 is 0 Å². The lowest BCUT2D eigenvalue weighted by atomic mass is 9.91. The summed E-state index contributed by atoms with van der Waals surface area (Å²) < 4.78 is 21.6. The molecule has 1 fully saturated rings. The Hall–Kier alpha value is -1.43. The minimum atomic E-state index is -0.256. The van der Waals surface area contributed by atoms with Gasteiger partial charge < -0.3 is 18.9 Å². The van der Waals surface area contributed by atoms with Crippen LogP contribution in [0.5, 0.6) is 0 Å². The molecule has 0 saturated carbocycles. The summed E-state index contributed by atoms with van der Waals surface area (Å²) in [6, 6.07) is 9.96. The third-order valence-corrected chi connectivity index (χ3v) is 3.91. The van der Waals surface area contributed by atoms with Gasteiger partial charge in [0.2, 0.25) is 0 Å². The molecule has 1 aliphatic rings. The number of ether oxygens (including phenoxy) is 4. The summed E-state index contributed by atoms with van der Waals surface area (Å²) in [5, 5.41) is 0. The predicted molar refractivity (Wildman–Crippen MR) is 81.1 cm³/mol. The molecule has 0 spiro atoms. The minimum Gasteiger partial charge on any atom is -0.469 e. The summed E-state index contributed by atoms with van der Waals surface area (Å²) in [4.78, 5) is 11.8. The molecule has 1 heterocycles. The number of benzene rings is 1. The van der Waals surface area contributed by atoms with Crippen LogP contribution >= 0.6 is 0 Å². The number of hydrogen-bond donors (Lipinski definition) is 0. The van der Waals surface area contributed by atoms with E-state index >= 15 is 0 Å². The molecule has 2 rings (SSSR count). The number of esters is 1. The highest BCUT2D eigenvalue weighted by Gasteiger charge is 2.30. The zero-order chi connectivity index (χ0) is 15.8. The van der Waals surface area contributed by atoms with Gasteiger partial charge in [0.05, 0.1) is 39.5 Å². The minimum absolute atomic E-state index is 0.000683. The van der Waals surface area contributed by atoms with Gasteiger partial charge in [-0.15, -0.1) is 0 Å². The number of carbonyl (C=O) groups excluding carboxylic acids is 1. The molecule has 5 heteroatoms.